The molecule has 5 nitrogen and oxygen atoms in total. The molecule has 5 heteroatoms. The Morgan fingerprint density at radius 1 is 0.968 bits per heavy atom. The van der Waals surface area contributed by atoms with Crippen molar-refractivity contribution in [2.24, 2.45) is 5.92 Å². The van der Waals surface area contributed by atoms with Crippen molar-refractivity contribution in [1.29, 1.82) is 0 Å². The van der Waals surface area contributed by atoms with E-state index in [0.29, 0.717) is 13.0 Å². The van der Waals surface area contributed by atoms with Gasteiger partial charge in [-0.05, 0) is 49.1 Å². The number of carbonyl (C=O) groups is 2. The average Bonchev–Trinajstić information content (AvgIpc) is 2.78. The monoisotopic (exact) mass is 423 g/mol. The second kappa shape index (κ2) is 11.5. The number of rotatable bonds is 10. The zero-order chi connectivity index (χ0) is 23.0. The molecule has 1 atom stereocenters. The van der Waals surface area contributed by atoms with E-state index in [9.17, 15) is 9.59 Å². The van der Waals surface area contributed by atoms with Gasteiger partial charge in [-0.2, -0.15) is 0 Å². The number of amides is 2. The van der Waals surface area contributed by atoms with E-state index in [1.807, 2.05) is 67.2 Å². The number of benzene rings is 2. The molecule has 31 heavy (non-hydrogen) atoms. The lowest BCUT2D eigenvalue weighted by Gasteiger charge is -2.34. The summed E-state index contributed by atoms with van der Waals surface area (Å²) in [6.45, 7) is 8.55. The molecule has 0 aromatic heterocycles. The van der Waals surface area contributed by atoms with Gasteiger partial charge in [-0.1, -0.05) is 51.1 Å². The highest BCUT2D eigenvalue weighted by molar-refractivity contribution is 5.91. The van der Waals surface area contributed by atoms with Gasteiger partial charge in [0.05, 0.1) is 6.04 Å². The lowest BCUT2D eigenvalue weighted by molar-refractivity contribution is -0.138. The first-order valence-corrected chi connectivity index (χ1v) is 11.3. The summed E-state index contributed by atoms with van der Waals surface area (Å²) >= 11 is 0. The van der Waals surface area contributed by atoms with Crippen molar-refractivity contribution in [3.63, 3.8) is 0 Å². The fraction of sp³-hybridized carbons (Fsp3) is 0.462. The van der Waals surface area contributed by atoms with Crippen molar-refractivity contribution >= 4 is 23.2 Å². The summed E-state index contributed by atoms with van der Waals surface area (Å²) in [5, 5.41) is 2.95. The SMILES string of the molecule is CCC(=O)Nc1ccc(N(C)C)c(CN(C(=O)C(CC)CC)[C@H](C)c2ccccc2)c1. The Bertz CT molecular complexity index is 860. The minimum absolute atomic E-state index is 0.00283. The molecule has 0 fully saturated rings. The Balaban J connectivity index is 2.48. The summed E-state index contributed by atoms with van der Waals surface area (Å²) in [6, 6.07) is 16.0. The largest absolute Gasteiger partial charge is 0.377 e. The van der Waals surface area contributed by atoms with Gasteiger partial charge in [0.25, 0.3) is 0 Å². The summed E-state index contributed by atoms with van der Waals surface area (Å²) in [6.07, 6.45) is 2.07. The van der Waals surface area contributed by atoms with Gasteiger partial charge in [-0.25, -0.2) is 0 Å². The summed E-state index contributed by atoms with van der Waals surface area (Å²) < 4.78 is 0. The quantitative estimate of drug-likeness (QED) is 0.539. The van der Waals surface area contributed by atoms with Gasteiger partial charge >= 0.3 is 0 Å². The maximum absolute atomic E-state index is 13.6. The standard InChI is InChI=1S/C26H37N3O2/c1-7-20(8-2)26(31)29(19(4)21-13-11-10-12-14-21)18-22-17-23(27-25(30)9-3)15-16-24(22)28(5)6/h10-17,19-20H,7-9,18H2,1-6H3,(H,27,30)/t19-/m1/s1. The lowest BCUT2D eigenvalue weighted by atomic mass is 9.98. The van der Waals surface area contributed by atoms with E-state index < -0.39 is 0 Å². The number of carbonyl (C=O) groups excluding carboxylic acids is 2. The summed E-state index contributed by atoms with van der Waals surface area (Å²) in [7, 11) is 3.99. The molecule has 2 rings (SSSR count). The fourth-order valence-corrected chi connectivity index (χ4v) is 3.85. The fourth-order valence-electron chi connectivity index (χ4n) is 3.85. The molecule has 0 saturated carbocycles. The highest BCUT2D eigenvalue weighted by Crippen LogP contribution is 2.30. The number of anilines is 2. The number of hydrogen-bond acceptors (Lipinski definition) is 3. The Kier molecular flexibility index (Phi) is 9.10. The Hall–Kier alpha value is -2.82. The molecule has 0 aliphatic heterocycles. The average molecular weight is 424 g/mol. The predicted molar refractivity (Wildman–Crippen MR) is 129 cm³/mol. The molecule has 0 saturated heterocycles. The van der Waals surface area contributed by atoms with Gasteiger partial charge in [-0.15, -0.1) is 0 Å². The summed E-state index contributed by atoms with van der Waals surface area (Å²) in [4.78, 5) is 29.5. The van der Waals surface area contributed by atoms with Crippen LogP contribution in [0.15, 0.2) is 48.5 Å². The minimum atomic E-state index is -0.0572. The van der Waals surface area contributed by atoms with Crippen LogP contribution in [0.2, 0.25) is 0 Å². The third-order valence-corrected chi connectivity index (χ3v) is 5.87. The Morgan fingerprint density at radius 3 is 2.16 bits per heavy atom. The second-order valence-electron chi connectivity index (χ2n) is 8.21. The van der Waals surface area contributed by atoms with E-state index in [1.54, 1.807) is 0 Å². The maximum atomic E-state index is 13.6. The highest BCUT2D eigenvalue weighted by atomic mass is 16.2. The van der Waals surface area contributed by atoms with Crippen molar-refractivity contribution in [3.05, 3.63) is 59.7 Å². The maximum Gasteiger partial charge on any atom is 0.226 e. The molecule has 0 radical (unpaired) electrons. The van der Waals surface area contributed by atoms with E-state index in [4.69, 9.17) is 0 Å². The van der Waals surface area contributed by atoms with Gasteiger partial charge < -0.3 is 15.1 Å². The van der Waals surface area contributed by atoms with Crippen LogP contribution < -0.4 is 10.2 Å². The van der Waals surface area contributed by atoms with Gasteiger partial charge in [0.2, 0.25) is 11.8 Å². The molecule has 1 N–H and O–H groups in total. The number of hydrogen-bond donors (Lipinski definition) is 1. The summed E-state index contributed by atoms with van der Waals surface area (Å²) in [5.74, 6) is 0.150. The van der Waals surface area contributed by atoms with Gasteiger partial charge in [0.15, 0.2) is 0 Å². The van der Waals surface area contributed by atoms with Crippen molar-refractivity contribution in [2.75, 3.05) is 24.3 Å². The molecule has 2 amide bonds. The van der Waals surface area contributed by atoms with Crippen LogP contribution >= 0.6 is 0 Å². The first-order valence-electron chi connectivity index (χ1n) is 11.3. The third-order valence-electron chi connectivity index (χ3n) is 5.87. The first kappa shape index (κ1) is 24.4. The molecule has 0 heterocycles. The minimum Gasteiger partial charge on any atom is -0.377 e. The van der Waals surface area contributed by atoms with Crippen molar-refractivity contribution in [2.45, 2.75) is 59.5 Å². The topological polar surface area (TPSA) is 52.7 Å². The van der Waals surface area contributed by atoms with Crippen LogP contribution in [-0.2, 0) is 16.1 Å². The van der Waals surface area contributed by atoms with Crippen LogP contribution in [0.5, 0.6) is 0 Å². The van der Waals surface area contributed by atoms with Gasteiger partial charge in [-0.3, -0.25) is 9.59 Å². The van der Waals surface area contributed by atoms with Gasteiger partial charge in [0, 0.05) is 44.4 Å². The van der Waals surface area contributed by atoms with Crippen molar-refractivity contribution in [3.8, 4) is 0 Å². The van der Waals surface area contributed by atoms with E-state index in [1.165, 1.54) is 0 Å². The molecule has 0 aliphatic carbocycles. The van der Waals surface area contributed by atoms with Crippen LogP contribution in [0.3, 0.4) is 0 Å². The molecule has 0 bridgehead atoms. The van der Waals surface area contributed by atoms with Crippen molar-refractivity contribution in [1.82, 2.24) is 4.90 Å². The zero-order valence-corrected chi connectivity index (χ0v) is 19.8. The molecular formula is C26H37N3O2. The Morgan fingerprint density at radius 2 is 1.61 bits per heavy atom. The molecule has 168 valence electrons. The smallest absolute Gasteiger partial charge is 0.226 e. The molecule has 0 aliphatic rings. The number of nitrogens with one attached hydrogen (secondary N) is 1. The van der Waals surface area contributed by atoms with E-state index in [2.05, 4.69) is 38.2 Å². The first-order chi connectivity index (χ1) is 14.8. The second-order valence-corrected chi connectivity index (χ2v) is 8.21. The molecule has 0 unspecified atom stereocenters. The van der Waals surface area contributed by atoms with Crippen LogP contribution in [-0.4, -0.2) is 30.8 Å². The molecule has 2 aromatic carbocycles. The predicted octanol–water partition coefficient (Wildman–Crippen LogP) is 5.63. The Labute approximate surface area is 187 Å². The van der Waals surface area contributed by atoms with E-state index in [-0.39, 0.29) is 23.8 Å². The molecule has 0 spiro atoms. The van der Waals surface area contributed by atoms with Crippen molar-refractivity contribution < 1.29 is 9.59 Å². The molecular weight excluding hydrogens is 386 g/mol. The normalized spacial score (nSPS) is 11.8. The van der Waals surface area contributed by atoms with Crippen LogP contribution in [0, 0.1) is 5.92 Å². The van der Waals surface area contributed by atoms with Gasteiger partial charge in [0.1, 0.15) is 0 Å². The zero-order valence-electron chi connectivity index (χ0n) is 19.8. The van der Waals surface area contributed by atoms with E-state index in [0.717, 1.165) is 35.3 Å². The van der Waals surface area contributed by atoms with Crippen LogP contribution in [0.25, 0.3) is 0 Å². The van der Waals surface area contributed by atoms with Crippen LogP contribution in [0.1, 0.15) is 64.1 Å². The van der Waals surface area contributed by atoms with Crippen LogP contribution in [0.4, 0.5) is 11.4 Å². The summed E-state index contributed by atoms with van der Waals surface area (Å²) in [5.41, 5.74) is 3.93. The van der Waals surface area contributed by atoms with E-state index >= 15 is 0 Å². The molecule has 2 aromatic rings. The third kappa shape index (κ3) is 6.33. The number of nitrogens with zero attached hydrogens (tertiary/aromatic N) is 2. The lowest BCUT2D eigenvalue weighted by Crippen LogP contribution is -2.37. The highest BCUT2D eigenvalue weighted by Gasteiger charge is 2.27.